The molecule has 2 aromatic carbocycles. The predicted molar refractivity (Wildman–Crippen MR) is 103 cm³/mol. The third-order valence-corrected chi connectivity index (χ3v) is 5.03. The molecule has 0 aliphatic carbocycles. The molecule has 5 nitrogen and oxygen atoms in total. The van der Waals surface area contributed by atoms with Crippen molar-refractivity contribution in [3.63, 3.8) is 0 Å². The van der Waals surface area contributed by atoms with E-state index < -0.39 is 35.3 Å². The molecule has 1 saturated heterocycles. The quantitative estimate of drug-likeness (QED) is 0.382. The molecule has 0 spiro atoms. The molecule has 1 aliphatic heterocycles. The van der Waals surface area contributed by atoms with Crippen LogP contribution in [-0.4, -0.2) is 27.4 Å². The van der Waals surface area contributed by atoms with Crippen molar-refractivity contribution in [1.29, 1.82) is 0 Å². The SMILES string of the molecule is O=C1C(=O)N(Cc2cccnc2)C(c2ccc(F)cc2)C1C(=O)c1ccccc1. The summed E-state index contributed by atoms with van der Waals surface area (Å²) in [6, 6.07) is 16.6. The summed E-state index contributed by atoms with van der Waals surface area (Å²) in [5, 5.41) is 0. The normalized spacial score (nSPS) is 18.9. The summed E-state index contributed by atoms with van der Waals surface area (Å²) in [4.78, 5) is 44.3. The van der Waals surface area contributed by atoms with Gasteiger partial charge in [-0.05, 0) is 29.3 Å². The van der Waals surface area contributed by atoms with E-state index in [9.17, 15) is 18.8 Å². The van der Waals surface area contributed by atoms with E-state index in [2.05, 4.69) is 4.98 Å². The smallest absolute Gasteiger partial charge is 0.291 e. The number of halogens is 1. The minimum absolute atomic E-state index is 0.124. The van der Waals surface area contributed by atoms with Crippen LogP contribution in [0.25, 0.3) is 0 Å². The van der Waals surface area contributed by atoms with E-state index in [1.165, 1.54) is 29.2 Å². The Balaban J connectivity index is 1.78. The molecule has 4 rings (SSSR count). The summed E-state index contributed by atoms with van der Waals surface area (Å²) in [7, 11) is 0. The number of Topliss-reactive ketones (excluding diaryl/α,β-unsaturated/α-hetero) is 2. The highest BCUT2D eigenvalue weighted by Crippen LogP contribution is 2.39. The van der Waals surface area contributed by atoms with E-state index in [1.54, 1.807) is 54.9 Å². The molecule has 0 saturated carbocycles. The molecule has 3 aromatic rings. The number of rotatable bonds is 5. The number of pyridine rings is 1. The number of likely N-dealkylation sites (tertiary alicyclic amines) is 1. The molecular weight excluding hydrogens is 371 g/mol. The average molecular weight is 388 g/mol. The molecule has 1 amide bonds. The second-order valence-corrected chi connectivity index (χ2v) is 6.86. The number of aromatic nitrogens is 1. The molecule has 144 valence electrons. The summed E-state index contributed by atoms with van der Waals surface area (Å²) in [5.41, 5.74) is 1.62. The van der Waals surface area contributed by atoms with Gasteiger partial charge < -0.3 is 4.90 Å². The number of carbonyl (C=O) groups excluding carboxylic acids is 3. The van der Waals surface area contributed by atoms with Gasteiger partial charge in [-0.15, -0.1) is 0 Å². The molecule has 0 bridgehead atoms. The standard InChI is InChI=1S/C23H17FN2O3/c24-18-10-8-16(9-11-18)20-19(21(27)17-6-2-1-3-7-17)22(28)23(29)26(20)14-15-5-4-12-25-13-15/h1-13,19-20H,14H2. The van der Waals surface area contributed by atoms with Gasteiger partial charge in [-0.1, -0.05) is 48.5 Å². The van der Waals surface area contributed by atoms with Crippen LogP contribution >= 0.6 is 0 Å². The lowest BCUT2D eigenvalue weighted by atomic mass is 9.86. The van der Waals surface area contributed by atoms with Gasteiger partial charge in [0.1, 0.15) is 11.7 Å². The van der Waals surface area contributed by atoms with Gasteiger partial charge in [-0.3, -0.25) is 19.4 Å². The first-order valence-electron chi connectivity index (χ1n) is 9.14. The zero-order chi connectivity index (χ0) is 20.4. The Morgan fingerprint density at radius 3 is 2.34 bits per heavy atom. The fraction of sp³-hybridized carbons (Fsp3) is 0.130. The highest BCUT2D eigenvalue weighted by atomic mass is 19.1. The van der Waals surface area contributed by atoms with Crippen LogP contribution in [0.3, 0.4) is 0 Å². The zero-order valence-corrected chi connectivity index (χ0v) is 15.4. The maximum Gasteiger partial charge on any atom is 0.291 e. The summed E-state index contributed by atoms with van der Waals surface area (Å²) in [5.74, 6) is -3.53. The van der Waals surface area contributed by atoms with Crippen LogP contribution in [0.15, 0.2) is 79.1 Å². The van der Waals surface area contributed by atoms with E-state index in [-0.39, 0.29) is 6.54 Å². The molecule has 29 heavy (non-hydrogen) atoms. The summed E-state index contributed by atoms with van der Waals surface area (Å²) < 4.78 is 13.5. The Hall–Kier alpha value is -3.67. The third kappa shape index (κ3) is 3.57. The number of ketones is 2. The minimum atomic E-state index is -1.19. The molecular formula is C23H17FN2O3. The highest BCUT2D eigenvalue weighted by Gasteiger charge is 2.51. The number of hydrogen-bond acceptors (Lipinski definition) is 4. The van der Waals surface area contributed by atoms with Crippen LogP contribution in [0, 0.1) is 11.7 Å². The summed E-state index contributed by atoms with van der Waals surface area (Å²) >= 11 is 0. The Morgan fingerprint density at radius 1 is 0.966 bits per heavy atom. The van der Waals surface area contributed by atoms with Crippen LogP contribution < -0.4 is 0 Å². The number of nitrogens with zero attached hydrogens (tertiary/aromatic N) is 2. The van der Waals surface area contributed by atoms with Crippen molar-refractivity contribution >= 4 is 17.5 Å². The monoisotopic (exact) mass is 388 g/mol. The average Bonchev–Trinajstić information content (AvgIpc) is 3.00. The van der Waals surface area contributed by atoms with E-state index in [0.717, 1.165) is 5.56 Å². The van der Waals surface area contributed by atoms with Crippen molar-refractivity contribution in [3.05, 3.63) is 102 Å². The topological polar surface area (TPSA) is 67.3 Å². The molecule has 2 heterocycles. The van der Waals surface area contributed by atoms with Gasteiger partial charge in [-0.2, -0.15) is 0 Å². The van der Waals surface area contributed by atoms with Gasteiger partial charge in [0.25, 0.3) is 5.91 Å². The fourth-order valence-corrected chi connectivity index (χ4v) is 3.66. The molecule has 6 heteroatoms. The van der Waals surface area contributed by atoms with Crippen molar-refractivity contribution < 1.29 is 18.8 Å². The molecule has 2 unspecified atom stereocenters. The highest BCUT2D eigenvalue weighted by molar-refractivity contribution is 6.44. The van der Waals surface area contributed by atoms with Crippen molar-refractivity contribution in [2.45, 2.75) is 12.6 Å². The molecule has 1 fully saturated rings. The number of amides is 1. The molecule has 1 aromatic heterocycles. The Kier molecular flexibility index (Phi) is 4.99. The van der Waals surface area contributed by atoms with Gasteiger partial charge in [0, 0.05) is 24.5 Å². The van der Waals surface area contributed by atoms with Crippen molar-refractivity contribution in [1.82, 2.24) is 9.88 Å². The second kappa shape index (κ2) is 7.75. The largest absolute Gasteiger partial charge is 0.323 e. The zero-order valence-electron chi connectivity index (χ0n) is 15.4. The van der Waals surface area contributed by atoms with E-state index >= 15 is 0 Å². The lowest BCUT2D eigenvalue weighted by Crippen LogP contribution is -2.30. The molecule has 0 N–H and O–H groups in total. The number of carbonyl (C=O) groups is 3. The second-order valence-electron chi connectivity index (χ2n) is 6.86. The Bertz CT molecular complexity index is 1050. The van der Waals surface area contributed by atoms with Crippen LogP contribution in [0.4, 0.5) is 4.39 Å². The Labute approximate surface area is 166 Å². The number of hydrogen-bond donors (Lipinski definition) is 0. The third-order valence-electron chi connectivity index (χ3n) is 5.03. The van der Waals surface area contributed by atoms with Crippen molar-refractivity contribution in [3.8, 4) is 0 Å². The van der Waals surface area contributed by atoms with E-state index in [4.69, 9.17) is 0 Å². The van der Waals surface area contributed by atoms with Gasteiger partial charge in [-0.25, -0.2) is 4.39 Å². The van der Waals surface area contributed by atoms with Crippen LogP contribution in [0.5, 0.6) is 0 Å². The first-order valence-corrected chi connectivity index (χ1v) is 9.14. The van der Waals surface area contributed by atoms with E-state index in [0.29, 0.717) is 11.1 Å². The lowest BCUT2D eigenvalue weighted by Gasteiger charge is -2.27. The van der Waals surface area contributed by atoms with Gasteiger partial charge in [0.15, 0.2) is 5.78 Å². The van der Waals surface area contributed by atoms with E-state index in [1.807, 2.05) is 0 Å². The first-order chi connectivity index (χ1) is 14.1. The van der Waals surface area contributed by atoms with Crippen LogP contribution in [0.1, 0.15) is 27.5 Å². The maximum atomic E-state index is 13.5. The summed E-state index contributed by atoms with van der Waals surface area (Å²) in [6.07, 6.45) is 3.21. The fourth-order valence-electron chi connectivity index (χ4n) is 3.66. The Morgan fingerprint density at radius 2 is 1.69 bits per heavy atom. The molecule has 1 aliphatic rings. The van der Waals surface area contributed by atoms with Gasteiger partial charge in [0.05, 0.1) is 6.04 Å². The van der Waals surface area contributed by atoms with Gasteiger partial charge in [0.2, 0.25) is 5.78 Å². The van der Waals surface area contributed by atoms with Crippen molar-refractivity contribution in [2.75, 3.05) is 0 Å². The van der Waals surface area contributed by atoms with Crippen LogP contribution in [-0.2, 0) is 16.1 Å². The molecule has 0 radical (unpaired) electrons. The first kappa shape index (κ1) is 18.7. The minimum Gasteiger partial charge on any atom is -0.323 e. The van der Waals surface area contributed by atoms with Gasteiger partial charge >= 0.3 is 0 Å². The van der Waals surface area contributed by atoms with Crippen molar-refractivity contribution in [2.24, 2.45) is 5.92 Å². The van der Waals surface area contributed by atoms with Crippen LogP contribution in [0.2, 0.25) is 0 Å². The lowest BCUT2D eigenvalue weighted by molar-refractivity contribution is -0.141. The summed E-state index contributed by atoms with van der Waals surface area (Å²) in [6.45, 7) is 0.124. The molecule has 2 atom stereocenters. The maximum absolute atomic E-state index is 13.5. The number of benzene rings is 2. The predicted octanol–water partition coefficient (Wildman–Crippen LogP) is 3.37.